The number of aromatic nitrogens is 2. The Kier molecular flexibility index (Phi) is 4.85. The van der Waals surface area contributed by atoms with Crippen molar-refractivity contribution < 1.29 is 14.3 Å². The second-order valence-electron chi connectivity index (χ2n) is 5.57. The lowest BCUT2D eigenvalue weighted by Crippen LogP contribution is -2.34. The summed E-state index contributed by atoms with van der Waals surface area (Å²) in [5, 5.41) is 13.0. The second kappa shape index (κ2) is 7.23. The van der Waals surface area contributed by atoms with Crippen molar-refractivity contribution >= 4 is 16.8 Å². The summed E-state index contributed by atoms with van der Waals surface area (Å²) in [4.78, 5) is 28.5. The zero-order chi connectivity index (χ0) is 17.8. The number of hydrogen-bond acceptors (Lipinski definition) is 4. The van der Waals surface area contributed by atoms with Crippen LogP contribution in [0.2, 0.25) is 0 Å². The van der Waals surface area contributed by atoms with Gasteiger partial charge < -0.3 is 10.4 Å². The third-order valence-electron chi connectivity index (χ3n) is 3.79. The van der Waals surface area contributed by atoms with Crippen LogP contribution in [0.5, 0.6) is 0 Å². The first kappa shape index (κ1) is 16.8. The van der Waals surface area contributed by atoms with Crippen LogP contribution in [0, 0.1) is 5.82 Å². The maximum atomic E-state index is 12.9. The van der Waals surface area contributed by atoms with E-state index in [1.807, 2.05) is 0 Å². The Morgan fingerprint density at radius 2 is 1.92 bits per heavy atom. The molecule has 3 rings (SSSR count). The van der Waals surface area contributed by atoms with E-state index in [1.54, 1.807) is 24.3 Å². The zero-order valence-corrected chi connectivity index (χ0v) is 13.2. The molecule has 0 radical (unpaired) electrons. The molecule has 0 spiro atoms. The van der Waals surface area contributed by atoms with E-state index in [9.17, 15) is 19.1 Å². The van der Waals surface area contributed by atoms with Gasteiger partial charge in [0.05, 0.1) is 23.3 Å². The van der Waals surface area contributed by atoms with Gasteiger partial charge in [0.15, 0.2) is 0 Å². The predicted octanol–water partition coefficient (Wildman–Crippen LogP) is 1.39. The highest BCUT2D eigenvalue weighted by atomic mass is 19.1. The Balaban J connectivity index is 1.64. The predicted molar refractivity (Wildman–Crippen MR) is 90.4 cm³/mol. The van der Waals surface area contributed by atoms with Gasteiger partial charge >= 0.3 is 0 Å². The van der Waals surface area contributed by atoms with E-state index in [0.29, 0.717) is 16.5 Å². The number of nitrogens with zero attached hydrogens (tertiary/aromatic N) is 2. The molecule has 25 heavy (non-hydrogen) atoms. The lowest BCUT2D eigenvalue weighted by molar-refractivity contribution is -0.122. The first-order valence-corrected chi connectivity index (χ1v) is 7.69. The molecule has 1 atom stereocenters. The summed E-state index contributed by atoms with van der Waals surface area (Å²) in [6.07, 6.45) is 0.358. The van der Waals surface area contributed by atoms with Crippen molar-refractivity contribution in [2.75, 3.05) is 6.54 Å². The van der Waals surface area contributed by atoms with Gasteiger partial charge in [-0.05, 0) is 29.8 Å². The highest BCUT2D eigenvalue weighted by molar-refractivity contribution is 5.78. The summed E-state index contributed by atoms with van der Waals surface area (Å²) >= 11 is 0. The van der Waals surface area contributed by atoms with E-state index in [2.05, 4.69) is 10.3 Å². The molecule has 1 aromatic heterocycles. The molecule has 3 aromatic rings. The molecule has 128 valence electrons. The van der Waals surface area contributed by atoms with E-state index in [0.717, 1.165) is 0 Å². The zero-order valence-electron chi connectivity index (χ0n) is 13.2. The third kappa shape index (κ3) is 3.89. The van der Waals surface area contributed by atoms with Crippen LogP contribution in [0.15, 0.2) is 59.7 Å². The summed E-state index contributed by atoms with van der Waals surface area (Å²) in [7, 11) is 0. The molecule has 2 N–H and O–H groups in total. The summed E-state index contributed by atoms with van der Waals surface area (Å²) in [5.74, 6) is -0.830. The van der Waals surface area contributed by atoms with Crippen LogP contribution in [-0.4, -0.2) is 27.1 Å². The summed E-state index contributed by atoms with van der Waals surface area (Å²) in [6, 6.07) is 12.3. The molecule has 1 unspecified atom stereocenters. The average Bonchev–Trinajstić information content (AvgIpc) is 2.63. The Morgan fingerprint density at radius 1 is 1.20 bits per heavy atom. The van der Waals surface area contributed by atoms with Gasteiger partial charge in [0.25, 0.3) is 5.56 Å². The van der Waals surface area contributed by atoms with E-state index in [4.69, 9.17) is 0 Å². The number of carbonyl (C=O) groups excluding carboxylic acids is 1. The molecule has 0 aliphatic heterocycles. The van der Waals surface area contributed by atoms with Gasteiger partial charge in [0.2, 0.25) is 5.91 Å². The normalized spacial score (nSPS) is 12.1. The molecule has 0 saturated heterocycles. The van der Waals surface area contributed by atoms with Crippen LogP contribution in [0.4, 0.5) is 4.39 Å². The number of nitrogens with one attached hydrogen (secondary N) is 1. The minimum atomic E-state index is -0.962. The molecule has 6 nitrogen and oxygen atoms in total. The summed E-state index contributed by atoms with van der Waals surface area (Å²) < 4.78 is 14.1. The lowest BCUT2D eigenvalue weighted by atomic mass is 10.1. The highest BCUT2D eigenvalue weighted by Crippen LogP contribution is 2.12. The number of benzene rings is 2. The SMILES string of the molecule is O=C(Cn1cnc2ccccc2c1=O)NCC(O)c1ccc(F)cc1. The van der Waals surface area contributed by atoms with E-state index >= 15 is 0 Å². The molecular formula is C18H16FN3O3. The van der Waals surface area contributed by atoms with Crippen molar-refractivity contribution in [2.24, 2.45) is 0 Å². The second-order valence-corrected chi connectivity index (χ2v) is 5.57. The van der Waals surface area contributed by atoms with Crippen LogP contribution in [0.1, 0.15) is 11.7 Å². The number of hydrogen-bond donors (Lipinski definition) is 2. The number of fused-ring (bicyclic) bond motifs is 1. The number of para-hydroxylation sites is 1. The molecule has 0 aliphatic rings. The maximum Gasteiger partial charge on any atom is 0.261 e. The first-order chi connectivity index (χ1) is 12.0. The standard InChI is InChI=1S/C18H16FN3O3/c19-13-7-5-12(6-8-13)16(23)9-20-17(24)10-22-11-21-15-4-2-1-3-14(15)18(22)25/h1-8,11,16,23H,9-10H2,(H,20,24). The number of amides is 1. The fourth-order valence-corrected chi connectivity index (χ4v) is 2.44. The number of aliphatic hydroxyl groups excluding tert-OH is 1. The number of rotatable bonds is 5. The van der Waals surface area contributed by atoms with Crippen molar-refractivity contribution in [3.63, 3.8) is 0 Å². The van der Waals surface area contributed by atoms with Crippen molar-refractivity contribution in [3.8, 4) is 0 Å². The molecule has 1 heterocycles. The quantitative estimate of drug-likeness (QED) is 0.734. The van der Waals surface area contributed by atoms with Crippen molar-refractivity contribution in [1.82, 2.24) is 14.9 Å². The number of aliphatic hydroxyl groups is 1. The molecule has 0 fully saturated rings. The summed E-state index contributed by atoms with van der Waals surface area (Å²) in [6.45, 7) is -0.243. The maximum absolute atomic E-state index is 12.9. The topological polar surface area (TPSA) is 84.2 Å². The van der Waals surface area contributed by atoms with Crippen LogP contribution >= 0.6 is 0 Å². The van der Waals surface area contributed by atoms with Gasteiger partial charge in [-0.2, -0.15) is 0 Å². The minimum absolute atomic E-state index is 0.0414. The molecular weight excluding hydrogens is 325 g/mol. The monoisotopic (exact) mass is 341 g/mol. The van der Waals surface area contributed by atoms with Gasteiger partial charge in [-0.3, -0.25) is 14.2 Å². The number of carbonyl (C=O) groups is 1. The van der Waals surface area contributed by atoms with Gasteiger partial charge in [-0.15, -0.1) is 0 Å². The molecule has 0 bridgehead atoms. The highest BCUT2D eigenvalue weighted by Gasteiger charge is 2.11. The molecule has 2 aromatic carbocycles. The fraction of sp³-hybridized carbons (Fsp3) is 0.167. The first-order valence-electron chi connectivity index (χ1n) is 7.69. The molecule has 0 saturated carbocycles. The van der Waals surface area contributed by atoms with Crippen LogP contribution < -0.4 is 10.9 Å². The van der Waals surface area contributed by atoms with Crippen molar-refractivity contribution in [1.29, 1.82) is 0 Å². The number of halogens is 1. The van der Waals surface area contributed by atoms with E-state index in [-0.39, 0.29) is 18.6 Å². The van der Waals surface area contributed by atoms with Crippen LogP contribution in [0.25, 0.3) is 10.9 Å². The smallest absolute Gasteiger partial charge is 0.261 e. The van der Waals surface area contributed by atoms with Crippen molar-refractivity contribution in [3.05, 3.63) is 76.6 Å². The van der Waals surface area contributed by atoms with Crippen LogP contribution in [-0.2, 0) is 11.3 Å². The summed E-state index contributed by atoms with van der Waals surface area (Å²) in [5.41, 5.74) is 0.752. The lowest BCUT2D eigenvalue weighted by Gasteiger charge is -2.13. The Hall–Kier alpha value is -3.06. The average molecular weight is 341 g/mol. The Labute approximate surface area is 142 Å². The Bertz CT molecular complexity index is 954. The van der Waals surface area contributed by atoms with E-state index < -0.39 is 17.8 Å². The largest absolute Gasteiger partial charge is 0.387 e. The fourth-order valence-electron chi connectivity index (χ4n) is 2.44. The molecule has 7 heteroatoms. The van der Waals surface area contributed by atoms with E-state index in [1.165, 1.54) is 35.2 Å². The van der Waals surface area contributed by atoms with Gasteiger partial charge in [-0.25, -0.2) is 9.37 Å². The third-order valence-corrected chi connectivity index (χ3v) is 3.79. The molecule has 1 amide bonds. The van der Waals surface area contributed by atoms with Gasteiger partial charge in [0, 0.05) is 6.54 Å². The van der Waals surface area contributed by atoms with Crippen LogP contribution in [0.3, 0.4) is 0 Å². The minimum Gasteiger partial charge on any atom is -0.387 e. The van der Waals surface area contributed by atoms with Gasteiger partial charge in [0.1, 0.15) is 12.4 Å². The Morgan fingerprint density at radius 3 is 2.68 bits per heavy atom. The van der Waals surface area contributed by atoms with Gasteiger partial charge in [-0.1, -0.05) is 24.3 Å². The molecule has 0 aliphatic carbocycles. The van der Waals surface area contributed by atoms with Crippen molar-refractivity contribution in [2.45, 2.75) is 12.6 Å².